The van der Waals surface area contributed by atoms with E-state index in [2.05, 4.69) is 15.6 Å². The number of aromatic amines is 1. The van der Waals surface area contributed by atoms with Gasteiger partial charge in [0.15, 0.2) is 0 Å². The molecule has 5 heteroatoms. The molecule has 2 aromatic carbocycles. The molecule has 0 saturated carbocycles. The molecule has 1 aromatic heterocycles. The largest absolute Gasteiger partial charge is 0.361 e. The third-order valence-electron chi connectivity index (χ3n) is 4.10. The second kappa shape index (κ2) is 8.15. The minimum atomic E-state index is -0.590. The lowest BCUT2D eigenvalue weighted by atomic mass is 10.1. The highest BCUT2D eigenvalue weighted by Gasteiger charge is 2.12. The zero-order valence-corrected chi connectivity index (χ0v) is 13.9. The average molecular weight is 335 g/mol. The van der Waals surface area contributed by atoms with E-state index in [1.807, 2.05) is 60.8 Å². The zero-order chi connectivity index (χ0) is 17.5. The van der Waals surface area contributed by atoms with Crippen LogP contribution in [0.4, 0.5) is 0 Å². The lowest BCUT2D eigenvalue weighted by molar-refractivity contribution is -0.139. The van der Waals surface area contributed by atoms with E-state index in [4.69, 9.17) is 0 Å². The first-order valence-electron chi connectivity index (χ1n) is 8.39. The first kappa shape index (κ1) is 16.8. The molecule has 0 fully saturated rings. The zero-order valence-electron chi connectivity index (χ0n) is 13.9. The Kier molecular flexibility index (Phi) is 5.46. The predicted octanol–water partition coefficient (Wildman–Crippen LogP) is 2.19. The maximum Gasteiger partial charge on any atom is 0.309 e. The van der Waals surface area contributed by atoms with E-state index in [-0.39, 0.29) is 0 Å². The van der Waals surface area contributed by atoms with Crippen molar-refractivity contribution in [3.8, 4) is 0 Å². The number of benzene rings is 2. The van der Waals surface area contributed by atoms with E-state index in [1.165, 1.54) is 0 Å². The molecule has 0 atom stereocenters. The van der Waals surface area contributed by atoms with Crippen molar-refractivity contribution in [1.29, 1.82) is 0 Å². The second-order valence-corrected chi connectivity index (χ2v) is 5.86. The Morgan fingerprint density at radius 1 is 0.800 bits per heavy atom. The summed E-state index contributed by atoms with van der Waals surface area (Å²) in [6, 6.07) is 17.9. The van der Waals surface area contributed by atoms with E-state index >= 15 is 0 Å². The second-order valence-electron chi connectivity index (χ2n) is 5.86. The summed E-state index contributed by atoms with van der Waals surface area (Å²) in [7, 11) is 0. The molecule has 25 heavy (non-hydrogen) atoms. The van der Waals surface area contributed by atoms with Crippen molar-refractivity contribution in [2.75, 3.05) is 13.1 Å². The number of nitrogens with one attached hydrogen (secondary N) is 3. The summed E-state index contributed by atoms with van der Waals surface area (Å²) in [6.45, 7) is 0.867. The van der Waals surface area contributed by atoms with Crippen LogP contribution in [0.15, 0.2) is 60.8 Å². The number of carbonyl (C=O) groups is 2. The van der Waals surface area contributed by atoms with Crippen molar-refractivity contribution in [3.05, 3.63) is 71.9 Å². The third-order valence-corrected chi connectivity index (χ3v) is 4.10. The molecule has 0 aliphatic rings. The number of para-hydroxylation sites is 1. The fourth-order valence-corrected chi connectivity index (χ4v) is 2.77. The fraction of sp³-hybridized carbons (Fsp3) is 0.200. The molecule has 3 rings (SSSR count). The fourth-order valence-electron chi connectivity index (χ4n) is 2.77. The SMILES string of the molecule is O=C(NCCc1ccccc1)C(=O)NCCc1c[nH]c2ccccc12. The molecule has 0 aliphatic carbocycles. The number of fused-ring (bicyclic) bond motifs is 1. The standard InChI is InChI=1S/C20H21N3O2/c24-19(21-12-10-15-6-2-1-3-7-15)20(25)22-13-11-16-14-23-18-9-5-4-8-17(16)18/h1-9,14,23H,10-13H2,(H,21,24)(H,22,25). The van der Waals surface area contributed by atoms with Crippen molar-refractivity contribution in [2.45, 2.75) is 12.8 Å². The van der Waals surface area contributed by atoms with Gasteiger partial charge in [-0.05, 0) is 30.0 Å². The first-order valence-corrected chi connectivity index (χ1v) is 8.39. The van der Waals surface area contributed by atoms with Gasteiger partial charge in [-0.25, -0.2) is 0 Å². The lowest BCUT2D eigenvalue weighted by Crippen LogP contribution is -2.41. The minimum Gasteiger partial charge on any atom is -0.361 e. The summed E-state index contributed by atoms with van der Waals surface area (Å²) in [4.78, 5) is 26.9. The van der Waals surface area contributed by atoms with E-state index in [1.54, 1.807) is 0 Å². The molecule has 0 unspecified atom stereocenters. The number of aromatic nitrogens is 1. The number of hydrogen-bond acceptors (Lipinski definition) is 2. The smallest absolute Gasteiger partial charge is 0.309 e. The Morgan fingerprint density at radius 3 is 2.20 bits per heavy atom. The Bertz CT molecular complexity index is 856. The molecular formula is C20H21N3O2. The summed E-state index contributed by atoms with van der Waals surface area (Å²) >= 11 is 0. The van der Waals surface area contributed by atoms with Gasteiger partial charge in [-0.1, -0.05) is 48.5 Å². The minimum absolute atomic E-state index is 0.423. The Labute approximate surface area is 146 Å². The average Bonchev–Trinajstić information content (AvgIpc) is 3.06. The van der Waals surface area contributed by atoms with Crippen LogP contribution in [0.5, 0.6) is 0 Å². The highest BCUT2D eigenvalue weighted by Crippen LogP contribution is 2.17. The van der Waals surface area contributed by atoms with Gasteiger partial charge in [-0.15, -0.1) is 0 Å². The molecule has 2 amide bonds. The Hall–Kier alpha value is -3.08. The summed E-state index contributed by atoms with van der Waals surface area (Å²) in [5.74, 6) is -1.18. The third kappa shape index (κ3) is 4.47. The molecule has 128 valence electrons. The van der Waals surface area contributed by atoms with Crippen molar-refractivity contribution in [3.63, 3.8) is 0 Å². The molecular weight excluding hydrogens is 314 g/mol. The van der Waals surface area contributed by atoms with Crippen LogP contribution in [0.3, 0.4) is 0 Å². The summed E-state index contributed by atoms with van der Waals surface area (Å²) in [5, 5.41) is 6.46. The van der Waals surface area contributed by atoms with Crippen LogP contribution >= 0.6 is 0 Å². The van der Waals surface area contributed by atoms with Crippen molar-refractivity contribution in [1.82, 2.24) is 15.6 Å². The van der Waals surface area contributed by atoms with Crippen LogP contribution in [0, 0.1) is 0 Å². The normalized spacial score (nSPS) is 10.6. The van der Waals surface area contributed by atoms with Gasteiger partial charge in [0.25, 0.3) is 0 Å². The van der Waals surface area contributed by atoms with Gasteiger partial charge in [0, 0.05) is 30.2 Å². The molecule has 5 nitrogen and oxygen atoms in total. The van der Waals surface area contributed by atoms with Crippen LogP contribution in [-0.4, -0.2) is 29.9 Å². The van der Waals surface area contributed by atoms with Crippen molar-refractivity contribution in [2.24, 2.45) is 0 Å². The summed E-state index contributed by atoms with van der Waals surface area (Å²) < 4.78 is 0. The number of amides is 2. The Morgan fingerprint density at radius 2 is 1.44 bits per heavy atom. The maximum atomic E-state index is 11.8. The van der Waals surface area contributed by atoms with Crippen LogP contribution in [0.25, 0.3) is 10.9 Å². The molecule has 0 radical (unpaired) electrons. The van der Waals surface area contributed by atoms with E-state index in [0.717, 1.165) is 22.0 Å². The van der Waals surface area contributed by atoms with Crippen LogP contribution in [-0.2, 0) is 22.4 Å². The molecule has 3 N–H and O–H groups in total. The number of hydrogen-bond donors (Lipinski definition) is 3. The van der Waals surface area contributed by atoms with Crippen molar-refractivity contribution >= 4 is 22.7 Å². The van der Waals surface area contributed by atoms with E-state index in [0.29, 0.717) is 25.9 Å². The van der Waals surface area contributed by atoms with E-state index in [9.17, 15) is 9.59 Å². The predicted molar refractivity (Wildman–Crippen MR) is 98.2 cm³/mol. The highest BCUT2D eigenvalue weighted by molar-refractivity contribution is 6.35. The van der Waals surface area contributed by atoms with Crippen LogP contribution in [0.1, 0.15) is 11.1 Å². The topological polar surface area (TPSA) is 74.0 Å². The van der Waals surface area contributed by atoms with Gasteiger partial charge in [-0.3, -0.25) is 9.59 Å². The highest BCUT2D eigenvalue weighted by atomic mass is 16.2. The van der Waals surface area contributed by atoms with Gasteiger partial charge >= 0.3 is 11.8 Å². The molecule has 0 bridgehead atoms. The monoisotopic (exact) mass is 335 g/mol. The van der Waals surface area contributed by atoms with Crippen molar-refractivity contribution < 1.29 is 9.59 Å². The van der Waals surface area contributed by atoms with Crippen LogP contribution in [0.2, 0.25) is 0 Å². The number of rotatable bonds is 6. The van der Waals surface area contributed by atoms with Gasteiger partial charge < -0.3 is 15.6 Å². The lowest BCUT2D eigenvalue weighted by Gasteiger charge is -2.06. The molecule has 0 saturated heterocycles. The van der Waals surface area contributed by atoms with Gasteiger partial charge in [0.1, 0.15) is 0 Å². The number of carbonyl (C=O) groups excluding carboxylic acids is 2. The summed E-state index contributed by atoms with van der Waals surface area (Å²) in [5.41, 5.74) is 3.32. The Balaban J connectivity index is 1.40. The number of H-pyrrole nitrogens is 1. The van der Waals surface area contributed by atoms with Gasteiger partial charge in [0.05, 0.1) is 0 Å². The quantitative estimate of drug-likeness (QED) is 0.604. The van der Waals surface area contributed by atoms with Gasteiger partial charge in [-0.2, -0.15) is 0 Å². The van der Waals surface area contributed by atoms with Gasteiger partial charge in [0.2, 0.25) is 0 Å². The van der Waals surface area contributed by atoms with Crippen LogP contribution < -0.4 is 10.6 Å². The first-order chi connectivity index (χ1) is 12.2. The molecule has 0 aliphatic heterocycles. The maximum absolute atomic E-state index is 11.8. The van der Waals surface area contributed by atoms with E-state index < -0.39 is 11.8 Å². The molecule has 0 spiro atoms. The molecule has 1 heterocycles. The summed E-state index contributed by atoms with van der Waals surface area (Å²) in [6.07, 6.45) is 3.32. The molecule has 3 aromatic rings.